The number of hydrogen-bond acceptors (Lipinski definition) is 4. The number of fused-ring (bicyclic) bond motifs is 1. The van der Waals surface area contributed by atoms with Crippen LogP contribution in [0.15, 0.2) is 55.1 Å². The molecule has 7 heteroatoms. The summed E-state index contributed by atoms with van der Waals surface area (Å²) in [5, 5.41) is 10.9. The van der Waals surface area contributed by atoms with Crippen molar-refractivity contribution in [1.82, 2.24) is 10.2 Å². The molecule has 1 aliphatic rings. The van der Waals surface area contributed by atoms with Crippen LogP contribution >= 0.6 is 11.6 Å². The number of carbonyl (C=O) groups is 1. The van der Waals surface area contributed by atoms with Gasteiger partial charge in [-0.1, -0.05) is 42.5 Å². The van der Waals surface area contributed by atoms with Crippen LogP contribution in [0.5, 0.6) is 11.5 Å². The number of benzene rings is 2. The molecule has 0 spiro atoms. The summed E-state index contributed by atoms with van der Waals surface area (Å²) in [7, 11) is 1.59. The van der Waals surface area contributed by atoms with Gasteiger partial charge in [-0.2, -0.15) is 5.10 Å². The lowest BCUT2D eigenvalue weighted by molar-refractivity contribution is -0.116. The van der Waals surface area contributed by atoms with Gasteiger partial charge >= 0.3 is 0 Å². The predicted molar refractivity (Wildman–Crippen MR) is 113 cm³/mol. The first kappa shape index (κ1) is 19.1. The van der Waals surface area contributed by atoms with Gasteiger partial charge in [-0.25, -0.2) is 0 Å². The molecular formula is C22H20ClN3O3. The van der Waals surface area contributed by atoms with Crippen molar-refractivity contribution in [3.05, 3.63) is 71.3 Å². The van der Waals surface area contributed by atoms with Crippen LogP contribution in [0.3, 0.4) is 0 Å². The van der Waals surface area contributed by atoms with Crippen molar-refractivity contribution in [3.63, 3.8) is 0 Å². The number of carbonyl (C=O) groups excluding carboxylic acids is 1. The summed E-state index contributed by atoms with van der Waals surface area (Å²) in [5.74, 6) is 1.52. The van der Waals surface area contributed by atoms with E-state index in [1.54, 1.807) is 13.2 Å². The van der Waals surface area contributed by atoms with Gasteiger partial charge in [0.05, 0.1) is 12.8 Å². The molecule has 0 bridgehead atoms. The van der Waals surface area contributed by atoms with E-state index in [1.807, 2.05) is 42.5 Å². The Labute approximate surface area is 173 Å². The smallest absolute Gasteiger partial charge is 0.226 e. The number of aromatic nitrogens is 2. The van der Waals surface area contributed by atoms with Gasteiger partial charge in [-0.3, -0.25) is 9.89 Å². The second kappa shape index (κ2) is 8.01. The van der Waals surface area contributed by atoms with Crippen molar-refractivity contribution in [2.24, 2.45) is 0 Å². The number of methoxy groups -OCH3 is 1. The molecule has 1 atom stereocenters. The summed E-state index contributed by atoms with van der Waals surface area (Å²) in [6, 6.07) is 13.2. The lowest BCUT2D eigenvalue weighted by Gasteiger charge is -2.24. The van der Waals surface area contributed by atoms with Crippen LogP contribution in [-0.4, -0.2) is 29.8 Å². The molecule has 0 aliphatic carbocycles. The number of halogens is 1. The molecule has 0 saturated heterocycles. The third kappa shape index (κ3) is 3.71. The first-order valence-electron chi connectivity index (χ1n) is 9.16. The molecule has 0 radical (unpaired) electrons. The number of amides is 1. The molecule has 0 fully saturated rings. The van der Waals surface area contributed by atoms with Gasteiger partial charge < -0.3 is 14.8 Å². The van der Waals surface area contributed by atoms with Gasteiger partial charge in [0.2, 0.25) is 5.91 Å². The topological polar surface area (TPSA) is 76.2 Å². The van der Waals surface area contributed by atoms with E-state index in [0.717, 1.165) is 22.4 Å². The number of aromatic amines is 1. The molecule has 1 aliphatic heterocycles. The summed E-state index contributed by atoms with van der Waals surface area (Å²) in [6.07, 6.45) is 1.98. The summed E-state index contributed by atoms with van der Waals surface area (Å²) in [5.41, 5.74) is 3.68. The van der Waals surface area contributed by atoms with Crippen LogP contribution in [0.4, 0.5) is 5.82 Å². The van der Waals surface area contributed by atoms with Crippen LogP contribution < -0.4 is 14.8 Å². The summed E-state index contributed by atoms with van der Waals surface area (Å²) in [6.45, 7) is 4.05. The van der Waals surface area contributed by atoms with Gasteiger partial charge in [0.1, 0.15) is 6.61 Å². The molecule has 1 aromatic heterocycles. The minimum Gasteiger partial charge on any atom is -0.493 e. The molecule has 0 saturated carbocycles. The SMILES string of the molecule is C=CCOc1ccc([C@H]2CC(=O)Nc3n[nH]c(-c4ccc(Cl)cc4)c32)cc1OC. The monoisotopic (exact) mass is 409 g/mol. The van der Waals surface area contributed by atoms with E-state index in [1.165, 1.54) is 0 Å². The number of anilines is 1. The predicted octanol–water partition coefficient (Wildman–Crippen LogP) is 4.78. The molecule has 4 rings (SSSR count). The maximum Gasteiger partial charge on any atom is 0.226 e. The third-order valence-corrected chi connectivity index (χ3v) is 5.13. The van der Waals surface area contributed by atoms with Crippen LogP contribution in [0.2, 0.25) is 5.02 Å². The Bertz CT molecular complexity index is 1060. The maximum absolute atomic E-state index is 12.3. The number of ether oxygens (including phenoxy) is 2. The summed E-state index contributed by atoms with van der Waals surface area (Å²) < 4.78 is 11.1. The van der Waals surface area contributed by atoms with Crippen molar-refractivity contribution in [1.29, 1.82) is 0 Å². The molecule has 148 valence electrons. The zero-order chi connectivity index (χ0) is 20.4. The van der Waals surface area contributed by atoms with Gasteiger partial charge in [0, 0.05) is 28.5 Å². The highest BCUT2D eigenvalue weighted by Crippen LogP contribution is 2.43. The van der Waals surface area contributed by atoms with Crippen LogP contribution in [0, 0.1) is 0 Å². The van der Waals surface area contributed by atoms with Gasteiger partial charge in [-0.15, -0.1) is 0 Å². The molecule has 29 heavy (non-hydrogen) atoms. The molecular weight excluding hydrogens is 390 g/mol. The highest BCUT2D eigenvalue weighted by molar-refractivity contribution is 6.30. The molecule has 2 heterocycles. The molecule has 0 unspecified atom stereocenters. The average Bonchev–Trinajstić information content (AvgIpc) is 3.15. The van der Waals surface area contributed by atoms with Crippen molar-refractivity contribution < 1.29 is 14.3 Å². The number of H-pyrrole nitrogens is 1. The molecule has 3 aromatic rings. The zero-order valence-electron chi connectivity index (χ0n) is 15.9. The van der Waals surface area contributed by atoms with Crippen molar-refractivity contribution in [2.45, 2.75) is 12.3 Å². The van der Waals surface area contributed by atoms with E-state index in [0.29, 0.717) is 35.4 Å². The maximum atomic E-state index is 12.3. The molecule has 6 nitrogen and oxygen atoms in total. The Morgan fingerprint density at radius 3 is 2.76 bits per heavy atom. The number of nitrogens with one attached hydrogen (secondary N) is 2. The fraction of sp³-hybridized carbons (Fsp3) is 0.182. The molecule has 2 N–H and O–H groups in total. The van der Waals surface area contributed by atoms with E-state index >= 15 is 0 Å². The number of rotatable bonds is 6. The number of hydrogen-bond donors (Lipinski definition) is 2. The normalized spacial score (nSPS) is 15.4. The van der Waals surface area contributed by atoms with E-state index in [4.69, 9.17) is 21.1 Å². The fourth-order valence-corrected chi connectivity index (χ4v) is 3.67. The minimum atomic E-state index is -0.175. The Balaban J connectivity index is 1.78. The fourth-order valence-electron chi connectivity index (χ4n) is 3.55. The average molecular weight is 410 g/mol. The second-order valence-corrected chi connectivity index (χ2v) is 7.12. The molecule has 1 amide bonds. The van der Waals surface area contributed by atoms with E-state index in [-0.39, 0.29) is 11.8 Å². The van der Waals surface area contributed by atoms with Crippen molar-refractivity contribution in [3.8, 4) is 22.8 Å². The van der Waals surface area contributed by atoms with E-state index < -0.39 is 0 Å². The van der Waals surface area contributed by atoms with Gasteiger partial charge in [-0.05, 0) is 29.8 Å². The highest BCUT2D eigenvalue weighted by Gasteiger charge is 2.32. The Hall–Kier alpha value is -3.25. The van der Waals surface area contributed by atoms with Crippen molar-refractivity contribution in [2.75, 3.05) is 19.0 Å². The summed E-state index contributed by atoms with van der Waals surface area (Å²) in [4.78, 5) is 12.3. The third-order valence-electron chi connectivity index (χ3n) is 4.88. The van der Waals surface area contributed by atoms with E-state index in [9.17, 15) is 4.79 Å². The number of nitrogens with zero attached hydrogens (tertiary/aromatic N) is 1. The summed E-state index contributed by atoms with van der Waals surface area (Å²) >= 11 is 6.03. The Kier molecular flexibility index (Phi) is 5.27. The second-order valence-electron chi connectivity index (χ2n) is 6.68. The minimum absolute atomic E-state index is 0.0809. The van der Waals surface area contributed by atoms with Gasteiger partial charge in [0.15, 0.2) is 17.3 Å². The largest absolute Gasteiger partial charge is 0.493 e. The van der Waals surface area contributed by atoms with Crippen LogP contribution in [-0.2, 0) is 4.79 Å². The lowest BCUT2D eigenvalue weighted by Crippen LogP contribution is -2.23. The van der Waals surface area contributed by atoms with Gasteiger partial charge in [0.25, 0.3) is 0 Å². The first-order valence-corrected chi connectivity index (χ1v) is 9.54. The standard InChI is InChI=1S/C22H20ClN3O3/c1-3-10-29-17-9-6-14(11-18(17)28-2)16-12-19(27)24-22-20(16)21(25-26-22)13-4-7-15(23)8-5-13/h3-9,11,16H,1,10,12H2,2H3,(H2,24,25,26,27)/t16-/m1/s1. The lowest BCUT2D eigenvalue weighted by atomic mass is 9.84. The quantitative estimate of drug-likeness (QED) is 0.574. The Morgan fingerprint density at radius 1 is 1.24 bits per heavy atom. The molecule has 2 aromatic carbocycles. The van der Waals surface area contributed by atoms with Crippen molar-refractivity contribution >= 4 is 23.3 Å². The highest BCUT2D eigenvalue weighted by atomic mass is 35.5. The van der Waals surface area contributed by atoms with Crippen LogP contribution in [0.1, 0.15) is 23.5 Å². The van der Waals surface area contributed by atoms with E-state index in [2.05, 4.69) is 22.1 Å². The zero-order valence-corrected chi connectivity index (χ0v) is 16.6. The van der Waals surface area contributed by atoms with Crippen LogP contribution in [0.25, 0.3) is 11.3 Å². The first-order chi connectivity index (χ1) is 14.1. The Morgan fingerprint density at radius 2 is 2.03 bits per heavy atom.